The summed E-state index contributed by atoms with van der Waals surface area (Å²) in [6.45, 7) is 0. The maximum Gasteiger partial charge on any atom is 0.238 e. The fourth-order valence-corrected chi connectivity index (χ4v) is 4.39. The molecule has 1 unspecified atom stereocenters. The topological polar surface area (TPSA) is 84.0 Å². The second kappa shape index (κ2) is 5.93. The third kappa shape index (κ3) is 3.23. The number of benzene rings is 1. The number of thioether (sulfide) groups is 1. The van der Waals surface area contributed by atoms with Crippen molar-refractivity contribution in [2.75, 3.05) is 10.6 Å². The van der Waals surface area contributed by atoms with E-state index in [9.17, 15) is 9.59 Å². The van der Waals surface area contributed by atoms with E-state index in [4.69, 9.17) is 0 Å². The number of amides is 2. The van der Waals surface area contributed by atoms with E-state index < -0.39 is 5.25 Å². The minimum Gasteiger partial charge on any atom is -0.324 e. The molecule has 2 aliphatic rings. The van der Waals surface area contributed by atoms with Crippen molar-refractivity contribution in [3.8, 4) is 0 Å². The quantitative estimate of drug-likeness (QED) is 0.889. The lowest BCUT2D eigenvalue weighted by Crippen LogP contribution is -2.32. The van der Waals surface area contributed by atoms with Crippen molar-refractivity contribution in [2.24, 2.45) is 0 Å². The van der Waals surface area contributed by atoms with Crippen LogP contribution in [0.3, 0.4) is 0 Å². The molecule has 1 aromatic carbocycles. The van der Waals surface area contributed by atoms with Crippen molar-refractivity contribution >= 4 is 45.7 Å². The summed E-state index contributed by atoms with van der Waals surface area (Å²) in [6, 6.07) is 7.59. The Balaban J connectivity index is 1.39. The molecule has 4 rings (SSSR count). The lowest BCUT2D eigenvalue weighted by atomic mass is 10.2. The summed E-state index contributed by atoms with van der Waals surface area (Å²) < 4.78 is 0. The van der Waals surface area contributed by atoms with Crippen LogP contribution in [-0.4, -0.2) is 27.3 Å². The molecular weight excluding hydrogens is 332 g/mol. The van der Waals surface area contributed by atoms with Crippen molar-refractivity contribution in [2.45, 2.75) is 35.3 Å². The number of rotatable bonds is 4. The molecule has 2 aromatic rings. The van der Waals surface area contributed by atoms with Gasteiger partial charge < -0.3 is 10.6 Å². The predicted octanol–water partition coefficient (Wildman–Crippen LogP) is 2.86. The molecule has 2 N–H and O–H groups in total. The van der Waals surface area contributed by atoms with Gasteiger partial charge in [0.2, 0.25) is 16.9 Å². The van der Waals surface area contributed by atoms with Crippen LogP contribution in [0.5, 0.6) is 0 Å². The van der Waals surface area contributed by atoms with Gasteiger partial charge in [0.25, 0.3) is 0 Å². The highest BCUT2D eigenvalue weighted by atomic mass is 32.2. The average Bonchev–Trinajstić information content (AvgIpc) is 3.28. The summed E-state index contributed by atoms with van der Waals surface area (Å²) in [5.74, 6) is 0.171. The predicted molar refractivity (Wildman–Crippen MR) is 89.8 cm³/mol. The highest BCUT2D eigenvalue weighted by Crippen LogP contribution is 2.42. The maximum absolute atomic E-state index is 12.2. The highest BCUT2D eigenvalue weighted by molar-refractivity contribution is 8.01. The van der Waals surface area contributed by atoms with E-state index in [1.54, 1.807) is 0 Å². The Kier molecular flexibility index (Phi) is 3.78. The second-order valence-corrected chi connectivity index (χ2v) is 7.82. The lowest BCUT2D eigenvalue weighted by Gasteiger charge is -2.23. The number of nitrogens with one attached hydrogen (secondary N) is 2. The van der Waals surface area contributed by atoms with Crippen LogP contribution < -0.4 is 10.6 Å². The smallest absolute Gasteiger partial charge is 0.238 e. The highest BCUT2D eigenvalue weighted by Gasteiger charge is 2.30. The van der Waals surface area contributed by atoms with Gasteiger partial charge in [-0.1, -0.05) is 23.5 Å². The zero-order valence-corrected chi connectivity index (χ0v) is 13.7. The van der Waals surface area contributed by atoms with Crippen molar-refractivity contribution in [1.29, 1.82) is 0 Å². The molecule has 1 aliphatic heterocycles. The van der Waals surface area contributed by atoms with Crippen LogP contribution in [0.1, 0.15) is 30.2 Å². The lowest BCUT2D eigenvalue weighted by molar-refractivity contribution is -0.120. The van der Waals surface area contributed by atoms with Crippen LogP contribution in [0.2, 0.25) is 0 Å². The summed E-state index contributed by atoms with van der Waals surface area (Å²) >= 11 is 2.84. The Morgan fingerprint density at radius 1 is 1.30 bits per heavy atom. The summed E-state index contributed by atoms with van der Waals surface area (Å²) in [6.07, 6.45) is 2.42. The molecule has 8 heteroatoms. The molecular formula is C15H14N4O2S2. The normalized spacial score (nSPS) is 19.8. The zero-order valence-electron chi connectivity index (χ0n) is 12.1. The number of nitrogens with zero attached hydrogens (tertiary/aromatic N) is 2. The standard InChI is InChI=1S/C15H14N4O2S2/c20-12(17-15-19-18-14(23-15)8-5-6-8)7-11-13(21)16-9-3-1-2-4-10(9)22-11/h1-4,8,11H,5-7H2,(H,16,21)(H,17,19,20). The number of hydrogen-bond acceptors (Lipinski definition) is 6. The first-order valence-corrected chi connectivity index (χ1v) is 9.08. The fourth-order valence-electron chi connectivity index (χ4n) is 2.35. The summed E-state index contributed by atoms with van der Waals surface area (Å²) in [5.41, 5.74) is 0.803. The molecule has 0 spiro atoms. The van der Waals surface area contributed by atoms with Gasteiger partial charge in [0, 0.05) is 17.2 Å². The number of anilines is 2. The van der Waals surface area contributed by atoms with Gasteiger partial charge in [-0.25, -0.2) is 0 Å². The van der Waals surface area contributed by atoms with Crippen LogP contribution in [0.15, 0.2) is 29.2 Å². The van der Waals surface area contributed by atoms with Crippen molar-refractivity contribution in [3.63, 3.8) is 0 Å². The van der Waals surface area contributed by atoms with Crippen LogP contribution in [0.4, 0.5) is 10.8 Å². The molecule has 1 atom stereocenters. The van der Waals surface area contributed by atoms with Gasteiger partial charge in [0.05, 0.1) is 10.9 Å². The van der Waals surface area contributed by atoms with Gasteiger partial charge in [0.15, 0.2) is 0 Å². The van der Waals surface area contributed by atoms with Crippen LogP contribution in [0.25, 0.3) is 0 Å². The molecule has 1 fully saturated rings. The van der Waals surface area contributed by atoms with Gasteiger partial charge in [-0.05, 0) is 25.0 Å². The molecule has 23 heavy (non-hydrogen) atoms. The van der Waals surface area contributed by atoms with Gasteiger partial charge in [-0.2, -0.15) is 0 Å². The molecule has 2 heterocycles. The van der Waals surface area contributed by atoms with Gasteiger partial charge in [0.1, 0.15) is 5.01 Å². The van der Waals surface area contributed by atoms with E-state index in [-0.39, 0.29) is 18.2 Å². The van der Waals surface area contributed by atoms with E-state index >= 15 is 0 Å². The molecule has 2 amide bonds. The van der Waals surface area contributed by atoms with Crippen molar-refractivity contribution < 1.29 is 9.59 Å². The second-order valence-electron chi connectivity index (χ2n) is 5.56. The first-order chi connectivity index (χ1) is 11.2. The number of hydrogen-bond donors (Lipinski definition) is 2. The molecule has 1 aromatic heterocycles. The average molecular weight is 346 g/mol. The number of carbonyl (C=O) groups excluding carboxylic acids is 2. The maximum atomic E-state index is 12.2. The molecule has 118 valence electrons. The Labute approximate surface area is 141 Å². The molecule has 0 saturated heterocycles. The third-order valence-electron chi connectivity index (χ3n) is 3.69. The Morgan fingerprint density at radius 3 is 2.96 bits per heavy atom. The van der Waals surface area contributed by atoms with E-state index in [2.05, 4.69) is 20.8 Å². The van der Waals surface area contributed by atoms with E-state index in [0.29, 0.717) is 11.0 Å². The Morgan fingerprint density at radius 2 is 2.13 bits per heavy atom. The number of carbonyl (C=O) groups is 2. The van der Waals surface area contributed by atoms with Crippen LogP contribution in [0, 0.1) is 0 Å². The van der Waals surface area contributed by atoms with Crippen molar-refractivity contribution in [3.05, 3.63) is 29.3 Å². The minimum atomic E-state index is -0.430. The molecule has 0 bridgehead atoms. The van der Waals surface area contributed by atoms with E-state index in [1.807, 2.05) is 24.3 Å². The minimum absolute atomic E-state index is 0.114. The zero-order chi connectivity index (χ0) is 15.8. The van der Waals surface area contributed by atoms with E-state index in [1.165, 1.54) is 23.1 Å². The fraction of sp³-hybridized carbons (Fsp3) is 0.333. The summed E-state index contributed by atoms with van der Waals surface area (Å²) in [4.78, 5) is 25.3. The van der Waals surface area contributed by atoms with Gasteiger partial charge in [-0.15, -0.1) is 22.0 Å². The van der Waals surface area contributed by atoms with Crippen LogP contribution in [-0.2, 0) is 9.59 Å². The van der Waals surface area contributed by atoms with Crippen molar-refractivity contribution in [1.82, 2.24) is 10.2 Å². The molecule has 0 radical (unpaired) electrons. The SMILES string of the molecule is O=C(CC1Sc2ccccc2NC1=O)Nc1nnc(C2CC2)s1. The summed E-state index contributed by atoms with van der Waals surface area (Å²) in [7, 11) is 0. The van der Waals surface area contributed by atoms with Gasteiger partial charge >= 0.3 is 0 Å². The monoisotopic (exact) mass is 346 g/mol. The molecule has 6 nitrogen and oxygen atoms in total. The molecule has 1 saturated carbocycles. The van der Waals surface area contributed by atoms with Gasteiger partial charge in [-0.3, -0.25) is 9.59 Å². The Bertz CT molecular complexity index is 772. The number of aromatic nitrogens is 2. The third-order valence-corrected chi connectivity index (χ3v) is 5.97. The summed E-state index contributed by atoms with van der Waals surface area (Å²) in [5, 5.41) is 14.7. The Hall–Kier alpha value is -1.93. The first-order valence-electron chi connectivity index (χ1n) is 7.39. The first kappa shape index (κ1) is 14.6. The molecule has 1 aliphatic carbocycles. The van der Waals surface area contributed by atoms with Crippen LogP contribution >= 0.6 is 23.1 Å². The number of para-hydroxylation sites is 1. The number of fused-ring (bicyclic) bond motifs is 1. The van der Waals surface area contributed by atoms with E-state index in [0.717, 1.165) is 28.4 Å². The largest absolute Gasteiger partial charge is 0.324 e.